The molecule has 7 nitrogen and oxygen atoms in total. The van der Waals surface area contributed by atoms with Crippen molar-refractivity contribution < 1.29 is 23.9 Å². The summed E-state index contributed by atoms with van der Waals surface area (Å²) in [7, 11) is 0. The number of ether oxygens (including phenoxy) is 2. The minimum absolute atomic E-state index is 0.0504. The minimum atomic E-state index is -0.517. The van der Waals surface area contributed by atoms with E-state index in [0.717, 1.165) is 5.56 Å². The molecule has 1 aromatic carbocycles. The van der Waals surface area contributed by atoms with Crippen molar-refractivity contribution in [1.29, 1.82) is 0 Å². The lowest BCUT2D eigenvalue weighted by molar-refractivity contribution is -0.187. The Morgan fingerprint density at radius 3 is 2.42 bits per heavy atom. The van der Waals surface area contributed by atoms with Gasteiger partial charge >= 0.3 is 0 Å². The Labute approximate surface area is 151 Å². The quantitative estimate of drug-likeness (QED) is 0.763. The summed E-state index contributed by atoms with van der Waals surface area (Å²) in [6.07, 6.45) is 1.45. The number of imide groups is 1. The molecule has 4 rings (SSSR count). The van der Waals surface area contributed by atoms with Gasteiger partial charge in [0.15, 0.2) is 5.79 Å². The Morgan fingerprint density at radius 2 is 1.73 bits per heavy atom. The first-order valence-corrected chi connectivity index (χ1v) is 9.02. The molecule has 3 aliphatic heterocycles. The number of likely N-dealkylation sites (tertiary alicyclic amines) is 1. The van der Waals surface area contributed by atoms with Gasteiger partial charge < -0.3 is 14.4 Å². The molecule has 1 spiro atoms. The Kier molecular flexibility index (Phi) is 4.28. The Balaban J connectivity index is 1.34. The van der Waals surface area contributed by atoms with E-state index in [1.807, 2.05) is 13.0 Å². The topological polar surface area (TPSA) is 76.2 Å². The molecule has 0 unspecified atom stereocenters. The van der Waals surface area contributed by atoms with Gasteiger partial charge in [0.05, 0.1) is 24.3 Å². The van der Waals surface area contributed by atoms with E-state index in [1.165, 1.54) is 4.90 Å². The maximum absolute atomic E-state index is 12.5. The molecule has 0 aromatic heterocycles. The second kappa shape index (κ2) is 6.48. The maximum Gasteiger partial charge on any atom is 0.261 e. The highest BCUT2D eigenvalue weighted by Gasteiger charge is 2.41. The van der Waals surface area contributed by atoms with Crippen LogP contribution < -0.4 is 0 Å². The number of fused-ring (bicyclic) bond motifs is 1. The van der Waals surface area contributed by atoms with E-state index in [1.54, 1.807) is 17.0 Å². The van der Waals surface area contributed by atoms with Gasteiger partial charge in [-0.2, -0.15) is 0 Å². The number of nitrogens with zero attached hydrogens (tertiary/aromatic N) is 2. The van der Waals surface area contributed by atoms with Gasteiger partial charge in [-0.1, -0.05) is 11.6 Å². The van der Waals surface area contributed by atoms with Crippen LogP contribution in [0.1, 0.15) is 45.5 Å². The van der Waals surface area contributed by atoms with Crippen LogP contribution >= 0.6 is 0 Å². The lowest BCUT2D eigenvalue weighted by atomic mass is 10.0. The number of hydrogen-bond donors (Lipinski definition) is 0. The fourth-order valence-electron chi connectivity index (χ4n) is 3.86. The molecule has 0 atom stereocenters. The highest BCUT2D eigenvalue weighted by Crippen LogP contribution is 2.31. The van der Waals surface area contributed by atoms with Crippen LogP contribution in [0.5, 0.6) is 0 Å². The average Bonchev–Trinajstić information content (AvgIpc) is 3.18. The zero-order valence-electron chi connectivity index (χ0n) is 14.8. The van der Waals surface area contributed by atoms with Crippen LogP contribution in [0.25, 0.3) is 0 Å². The average molecular weight is 358 g/mol. The fraction of sp³-hybridized carbons (Fsp3) is 0.526. The molecule has 138 valence electrons. The minimum Gasteiger partial charge on any atom is -0.347 e. The van der Waals surface area contributed by atoms with Gasteiger partial charge in [0.2, 0.25) is 5.91 Å². The molecule has 0 N–H and O–H groups in total. The van der Waals surface area contributed by atoms with Crippen LogP contribution in [0.2, 0.25) is 0 Å². The number of amides is 3. The first-order chi connectivity index (χ1) is 12.5. The van der Waals surface area contributed by atoms with Crippen LogP contribution in [0.15, 0.2) is 18.2 Å². The van der Waals surface area contributed by atoms with Crippen molar-refractivity contribution in [3.63, 3.8) is 0 Å². The Bertz CT molecular complexity index is 759. The molecule has 0 saturated carbocycles. The molecule has 26 heavy (non-hydrogen) atoms. The van der Waals surface area contributed by atoms with Crippen molar-refractivity contribution in [1.82, 2.24) is 9.80 Å². The number of hydrogen-bond acceptors (Lipinski definition) is 5. The number of carbonyl (C=O) groups excluding carboxylic acids is 3. The Morgan fingerprint density at radius 1 is 1.08 bits per heavy atom. The summed E-state index contributed by atoms with van der Waals surface area (Å²) < 4.78 is 11.3. The summed E-state index contributed by atoms with van der Waals surface area (Å²) >= 11 is 0. The van der Waals surface area contributed by atoms with Crippen molar-refractivity contribution in [2.75, 3.05) is 32.8 Å². The summed E-state index contributed by atoms with van der Waals surface area (Å²) in [5.41, 5.74) is 1.78. The molecule has 7 heteroatoms. The molecule has 3 heterocycles. The molecule has 3 amide bonds. The van der Waals surface area contributed by atoms with Crippen molar-refractivity contribution in [3.05, 3.63) is 34.9 Å². The first-order valence-electron chi connectivity index (χ1n) is 9.02. The predicted molar refractivity (Wildman–Crippen MR) is 91.6 cm³/mol. The van der Waals surface area contributed by atoms with Crippen molar-refractivity contribution >= 4 is 17.7 Å². The Hall–Kier alpha value is -2.25. The van der Waals surface area contributed by atoms with E-state index < -0.39 is 5.79 Å². The largest absolute Gasteiger partial charge is 0.347 e. The highest BCUT2D eigenvalue weighted by molar-refractivity contribution is 6.21. The third-order valence-electron chi connectivity index (χ3n) is 5.37. The van der Waals surface area contributed by atoms with Crippen LogP contribution in [0.3, 0.4) is 0 Å². The van der Waals surface area contributed by atoms with E-state index in [2.05, 4.69) is 0 Å². The lowest BCUT2D eigenvalue weighted by Gasteiger charge is -2.37. The molecule has 1 aromatic rings. The molecular formula is C19H22N2O5. The number of aryl methyl sites for hydroxylation is 1. The van der Waals surface area contributed by atoms with E-state index in [9.17, 15) is 14.4 Å². The van der Waals surface area contributed by atoms with E-state index in [4.69, 9.17) is 9.47 Å². The van der Waals surface area contributed by atoms with Crippen LogP contribution in [0, 0.1) is 6.92 Å². The predicted octanol–water partition coefficient (Wildman–Crippen LogP) is 1.35. The van der Waals surface area contributed by atoms with Gasteiger partial charge in [-0.25, -0.2) is 0 Å². The monoisotopic (exact) mass is 358 g/mol. The van der Waals surface area contributed by atoms with Crippen molar-refractivity contribution in [2.45, 2.75) is 32.0 Å². The smallest absolute Gasteiger partial charge is 0.261 e. The third-order valence-corrected chi connectivity index (χ3v) is 5.37. The second-order valence-electron chi connectivity index (χ2n) is 7.05. The van der Waals surface area contributed by atoms with Gasteiger partial charge in [0.25, 0.3) is 11.8 Å². The van der Waals surface area contributed by atoms with Gasteiger partial charge in [0, 0.05) is 38.9 Å². The summed E-state index contributed by atoms with van der Waals surface area (Å²) in [4.78, 5) is 40.3. The number of rotatable bonds is 3. The zero-order valence-corrected chi connectivity index (χ0v) is 14.8. The maximum atomic E-state index is 12.5. The molecule has 0 bridgehead atoms. The number of piperidine rings is 1. The highest BCUT2D eigenvalue weighted by atomic mass is 16.7. The summed E-state index contributed by atoms with van der Waals surface area (Å²) in [5.74, 6) is -1.20. The van der Waals surface area contributed by atoms with Gasteiger partial charge in [0.1, 0.15) is 0 Å². The number of benzene rings is 1. The van der Waals surface area contributed by atoms with Crippen LogP contribution in [-0.4, -0.2) is 66.2 Å². The molecule has 0 aliphatic carbocycles. The van der Waals surface area contributed by atoms with Gasteiger partial charge in [-0.05, 0) is 19.1 Å². The SMILES string of the molecule is Cc1ccc2c(c1)C(=O)N(CCC(=O)N1CCC3(CC1)OCCO3)C2=O. The normalized spacial score (nSPS) is 21.6. The fourth-order valence-corrected chi connectivity index (χ4v) is 3.86. The summed E-state index contributed by atoms with van der Waals surface area (Å²) in [6.45, 7) is 4.34. The zero-order chi connectivity index (χ0) is 18.3. The van der Waals surface area contributed by atoms with Crippen molar-refractivity contribution in [3.8, 4) is 0 Å². The molecular weight excluding hydrogens is 336 g/mol. The molecule has 2 saturated heterocycles. The van der Waals surface area contributed by atoms with Crippen molar-refractivity contribution in [2.24, 2.45) is 0 Å². The summed E-state index contributed by atoms with van der Waals surface area (Å²) in [6, 6.07) is 5.22. The van der Waals surface area contributed by atoms with Gasteiger partial charge in [-0.15, -0.1) is 0 Å². The molecule has 2 fully saturated rings. The lowest BCUT2D eigenvalue weighted by Crippen LogP contribution is -2.48. The standard InChI is InChI=1S/C19H22N2O5/c1-13-2-3-14-15(12-13)18(24)21(17(14)23)7-4-16(22)20-8-5-19(6-9-20)25-10-11-26-19/h2-3,12H,4-11H2,1H3. The van der Waals surface area contributed by atoms with Gasteiger partial charge in [-0.3, -0.25) is 19.3 Å². The van der Waals surface area contributed by atoms with Crippen LogP contribution in [0.4, 0.5) is 0 Å². The third kappa shape index (κ3) is 2.91. The second-order valence-corrected chi connectivity index (χ2v) is 7.05. The first kappa shape index (κ1) is 17.2. The number of carbonyl (C=O) groups is 3. The molecule has 0 radical (unpaired) electrons. The van der Waals surface area contributed by atoms with E-state index in [-0.39, 0.29) is 30.7 Å². The van der Waals surface area contributed by atoms with E-state index in [0.29, 0.717) is 50.3 Å². The molecule has 3 aliphatic rings. The summed E-state index contributed by atoms with van der Waals surface area (Å²) in [5, 5.41) is 0. The van der Waals surface area contributed by atoms with E-state index >= 15 is 0 Å². The van der Waals surface area contributed by atoms with Crippen LogP contribution in [-0.2, 0) is 14.3 Å².